The summed E-state index contributed by atoms with van der Waals surface area (Å²) < 4.78 is 0. The predicted molar refractivity (Wildman–Crippen MR) is 84.2 cm³/mol. The minimum Gasteiger partial charge on any atom is -0.481 e. The molecule has 1 N–H and O–H groups in total. The first-order valence-electron chi connectivity index (χ1n) is 7.11. The molecule has 0 radical (unpaired) electrons. The highest BCUT2D eigenvalue weighted by Crippen LogP contribution is 2.24. The molecule has 0 aliphatic carbocycles. The molecule has 1 aliphatic heterocycles. The Morgan fingerprint density at radius 3 is 2.52 bits per heavy atom. The number of amides is 1. The van der Waals surface area contributed by atoms with Gasteiger partial charge in [0.2, 0.25) is 5.91 Å². The third-order valence-corrected chi connectivity index (χ3v) is 4.89. The van der Waals surface area contributed by atoms with Gasteiger partial charge in [0.15, 0.2) is 0 Å². The van der Waals surface area contributed by atoms with Crippen LogP contribution in [0.1, 0.15) is 18.1 Å². The third kappa shape index (κ3) is 4.24. The van der Waals surface area contributed by atoms with Gasteiger partial charge in [-0.1, -0.05) is 36.8 Å². The molecular weight excluding hydrogens is 286 g/mol. The van der Waals surface area contributed by atoms with Crippen molar-refractivity contribution < 1.29 is 14.7 Å². The van der Waals surface area contributed by atoms with Crippen molar-refractivity contribution >= 4 is 23.6 Å². The fraction of sp³-hybridized carbons (Fsp3) is 0.500. The number of carboxylic acids is 1. The van der Waals surface area contributed by atoms with Gasteiger partial charge in [0.25, 0.3) is 0 Å². The monoisotopic (exact) mass is 307 g/mol. The first kappa shape index (κ1) is 15.9. The van der Waals surface area contributed by atoms with Crippen LogP contribution in [0.5, 0.6) is 0 Å². The second-order valence-corrected chi connectivity index (χ2v) is 6.68. The summed E-state index contributed by atoms with van der Waals surface area (Å²) >= 11 is 1.58. The van der Waals surface area contributed by atoms with Crippen molar-refractivity contribution in [3.05, 3.63) is 35.4 Å². The molecule has 0 aromatic heterocycles. The number of nitrogens with zero attached hydrogens (tertiary/aromatic N) is 1. The Morgan fingerprint density at radius 2 is 1.95 bits per heavy atom. The zero-order valence-corrected chi connectivity index (χ0v) is 13.2. The molecule has 0 bridgehead atoms. The molecule has 2 unspecified atom stereocenters. The maximum absolute atomic E-state index is 12.1. The number of aliphatic carboxylic acids is 1. The highest BCUT2D eigenvalue weighted by Gasteiger charge is 2.36. The summed E-state index contributed by atoms with van der Waals surface area (Å²) in [6.45, 7) is 4.85. The van der Waals surface area contributed by atoms with Gasteiger partial charge in [-0.25, -0.2) is 0 Å². The lowest BCUT2D eigenvalue weighted by molar-refractivity contribution is -0.142. The van der Waals surface area contributed by atoms with Crippen LogP contribution in [-0.2, 0) is 15.3 Å². The van der Waals surface area contributed by atoms with E-state index in [0.717, 1.165) is 5.75 Å². The van der Waals surface area contributed by atoms with Crippen molar-refractivity contribution in [1.82, 2.24) is 4.90 Å². The lowest BCUT2D eigenvalue weighted by Gasteiger charge is -2.15. The lowest BCUT2D eigenvalue weighted by Crippen LogP contribution is -2.31. The summed E-state index contributed by atoms with van der Waals surface area (Å²) in [5, 5.41) is 9.09. The molecule has 5 heteroatoms. The van der Waals surface area contributed by atoms with E-state index in [0.29, 0.717) is 18.8 Å². The van der Waals surface area contributed by atoms with Crippen molar-refractivity contribution in [1.29, 1.82) is 0 Å². The van der Waals surface area contributed by atoms with Gasteiger partial charge < -0.3 is 10.0 Å². The Balaban J connectivity index is 1.77. The van der Waals surface area contributed by atoms with Gasteiger partial charge in [-0.15, -0.1) is 11.8 Å². The minimum atomic E-state index is -0.801. The first-order chi connectivity index (χ1) is 9.97. The van der Waals surface area contributed by atoms with Crippen LogP contribution in [0.2, 0.25) is 0 Å². The van der Waals surface area contributed by atoms with Crippen molar-refractivity contribution in [3.63, 3.8) is 0 Å². The molecule has 1 fully saturated rings. The fourth-order valence-corrected chi connectivity index (χ4v) is 3.41. The fourth-order valence-electron chi connectivity index (χ4n) is 2.52. The molecule has 1 aliphatic rings. The number of thioether (sulfide) groups is 1. The average Bonchev–Trinajstić information content (AvgIpc) is 2.83. The van der Waals surface area contributed by atoms with Crippen LogP contribution in [0, 0.1) is 18.8 Å². The van der Waals surface area contributed by atoms with E-state index in [4.69, 9.17) is 5.11 Å². The number of hydrogen-bond donors (Lipinski definition) is 1. The smallest absolute Gasteiger partial charge is 0.308 e. The predicted octanol–water partition coefficient (Wildman–Crippen LogP) is 2.41. The van der Waals surface area contributed by atoms with Crippen molar-refractivity contribution in [2.45, 2.75) is 19.6 Å². The molecule has 0 spiro atoms. The summed E-state index contributed by atoms with van der Waals surface area (Å²) in [4.78, 5) is 24.9. The van der Waals surface area contributed by atoms with Gasteiger partial charge >= 0.3 is 5.97 Å². The maximum Gasteiger partial charge on any atom is 0.308 e. The number of hydrogen-bond acceptors (Lipinski definition) is 3. The van der Waals surface area contributed by atoms with Gasteiger partial charge in [-0.2, -0.15) is 0 Å². The Bertz CT molecular complexity index is 515. The number of carbonyl (C=O) groups excluding carboxylic acids is 1. The van der Waals surface area contributed by atoms with Gasteiger partial charge in [0, 0.05) is 18.8 Å². The zero-order chi connectivity index (χ0) is 15.4. The highest BCUT2D eigenvalue weighted by atomic mass is 32.2. The van der Waals surface area contributed by atoms with E-state index in [1.54, 1.807) is 16.7 Å². The summed E-state index contributed by atoms with van der Waals surface area (Å²) in [6, 6.07) is 8.28. The number of aryl methyl sites for hydroxylation is 1. The van der Waals surface area contributed by atoms with Crippen LogP contribution >= 0.6 is 11.8 Å². The van der Waals surface area contributed by atoms with Crippen molar-refractivity contribution in [3.8, 4) is 0 Å². The summed E-state index contributed by atoms with van der Waals surface area (Å²) in [5.74, 6) is 0.0717. The first-order valence-corrected chi connectivity index (χ1v) is 8.26. The normalized spacial score (nSPS) is 21.5. The molecule has 1 amide bonds. The molecule has 2 rings (SSSR count). The van der Waals surface area contributed by atoms with E-state index >= 15 is 0 Å². The molecule has 4 nitrogen and oxygen atoms in total. The van der Waals surface area contributed by atoms with E-state index in [1.165, 1.54) is 11.1 Å². The van der Waals surface area contributed by atoms with Crippen molar-refractivity contribution in [2.75, 3.05) is 18.8 Å². The Kier molecular flexibility index (Phi) is 5.28. The van der Waals surface area contributed by atoms with E-state index in [2.05, 4.69) is 24.3 Å². The van der Waals surface area contributed by atoms with Crippen LogP contribution in [0.15, 0.2) is 24.3 Å². The zero-order valence-electron chi connectivity index (χ0n) is 12.4. The van der Waals surface area contributed by atoms with Gasteiger partial charge in [-0.3, -0.25) is 9.59 Å². The molecular formula is C16H21NO3S. The number of benzene rings is 1. The third-order valence-electron chi connectivity index (χ3n) is 3.90. The number of likely N-dealkylation sites (tertiary alicyclic amines) is 1. The lowest BCUT2D eigenvalue weighted by atomic mass is 9.99. The number of rotatable bonds is 5. The van der Waals surface area contributed by atoms with Crippen LogP contribution < -0.4 is 0 Å². The molecule has 21 heavy (non-hydrogen) atoms. The molecule has 1 aromatic rings. The standard InChI is InChI=1S/C16H21NO3S/c1-11-3-5-13(6-4-11)9-21-10-15(18)17-7-12(2)14(8-17)16(19)20/h3-6,12,14H,7-10H2,1-2H3,(H,19,20). The summed E-state index contributed by atoms with van der Waals surface area (Å²) in [6.07, 6.45) is 0. The summed E-state index contributed by atoms with van der Waals surface area (Å²) in [7, 11) is 0. The second-order valence-electron chi connectivity index (χ2n) is 5.70. The van der Waals surface area contributed by atoms with E-state index in [-0.39, 0.29) is 11.8 Å². The number of carbonyl (C=O) groups is 2. The largest absolute Gasteiger partial charge is 0.481 e. The van der Waals surface area contributed by atoms with Crippen molar-refractivity contribution in [2.24, 2.45) is 11.8 Å². The Hall–Kier alpha value is -1.49. The molecule has 1 saturated heterocycles. The van der Waals surface area contributed by atoms with Crippen LogP contribution in [0.3, 0.4) is 0 Å². The molecule has 114 valence electrons. The van der Waals surface area contributed by atoms with Gasteiger partial charge in [0.1, 0.15) is 0 Å². The highest BCUT2D eigenvalue weighted by molar-refractivity contribution is 7.99. The van der Waals surface area contributed by atoms with E-state index in [1.807, 2.05) is 13.8 Å². The maximum atomic E-state index is 12.1. The van der Waals surface area contributed by atoms with E-state index in [9.17, 15) is 9.59 Å². The van der Waals surface area contributed by atoms with Crippen LogP contribution in [0.4, 0.5) is 0 Å². The minimum absolute atomic E-state index is 0.0357. The quantitative estimate of drug-likeness (QED) is 0.907. The Labute approximate surface area is 129 Å². The molecule has 1 heterocycles. The summed E-state index contributed by atoms with van der Waals surface area (Å²) in [5.41, 5.74) is 2.43. The molecule has 0 saturated carbocycles. The van der Waals surface area contributed by atoms with Crippen LogP contribution in [0.25, 0.3) is 0 Å². The van der Waals surface area contributed by atoms with Gasteiger partial charge in [0.05, 0.1) is 11.7 Å². The Morgan fingerprint density at radius 1 is 1.29 bits per heavy atom. The SMILES string of the molecule is Cc1ccc(CSCC(=O)N2CC(C)C(C(=O)O)C2)cc1. The topological polar surface area (TPSA) is 57.6 Å². The molecule has 1 aromatic carbocycles. The van der Waals surface area contributed by atoms with Crippen LogP contribution in [-0.4, -0.2) is 40.7 Å². The second kappa shape index (κ2) is 6.98. The average molecular weight is 307 g/mol. The van der Waals surface area contributed by atoms with Gasteiger partial charge in [-0.05, 0) is 18.4 Å². The number of carboxylic acid groups (broad SMARTS) is 1. The molecule has 2 atom stereocenters. The van der Waals surface area contributed by atoms with E-state index < -0.39 is 11.9 Å².